The Balaban J connectivity index is 1.52. The Morgan fingerprint density at radius 1 is 1.04 bits per heavy atom. The Morgan fingerprint density at radius 3 is 2.50 bits per heavy atom. The van der Waals surface area contributed by atoms with Gasteiger partial charge in [0.1, 0.15) is 5.75 Å². The van der Waals surface area contributed by atoms with Crippen molar-refractivity contribution in [3.63, 3.8) is 0 Å². The molecule has 7 heteroatoms. The fourth-order valence-electron chi connectivity index (χ4n) is 4.71. The number of hydrazine groups is 1. The van der Waals surface area contributed by atoms with Crippen molar-refractivity contribution in [2.24, 2.45) is 0 Å². The van der Waals surface area contributed by atoms with Crippen LogP contribution in [0.15, 0.2) is 12.1 Å². The summed E-state index contributed by atoms with van der Waals surface area (Å²) in [6.07, 6.45) is 3.18. The first-order chi connectivity index (χ1) is 12.6. The molecule has 0 radical (unpaired) electrons. The van der Waals surface area contributed by atoms with Crippen molar-refractivity contribution < 1.29 is 19.1 Å². The van der Waals surface area contributed by atoms with E-state index in [-0.39, 0.29) is 29.7 Å². The van der Waals surface area contributed by atoms with Gasteiger partial charge in [-0.25, -0.2) is 5.01 Å². The summed E-state index contributed by atoms with van der Waals surface area (Å²) in [5.41, 5.74) is 2.54. The van der Waals surface area contributed by atoms with Gasteiger partial charge < -0.3 is 10.1 Å². The fraction of sp³-hybridized carbons (Fsp3) is 0.526. The molecule has 4 heterocycles. The van der Waals surface area contributed by atoms with E-state index in [9.17, 15) is 14.4 Å². The average Bonchev–Trinajstić information content (AvgIpc) is 3.15. The number of nitrogens with one attached hydrogen (secondary N) is 1. The molecule has 0 saturated carbocycles. The van der Waals surface area contributed by atoms with Gasteiger partial charge in [-0.3, -0.25) is 14.4 Å². The number of amides is 3. The van der Waals surface area contributed by atoms with Gasteiger partial charge in [-0.15, -0.1) is 0 Å². The minimum atomic E-state index is -0.296. The maximum absolute atomic E-state index is 12.9. The summed E-state index contributed by atoms with van der Waals surface area (Å²) in [6.45, 7) is 2.78. The van der Waals surface area contributed by atoms with Crippen molar-refractivity contribution in [3.8, 4) is 5.75 Å². The van der Waals surface area contributed by atoms with Gasteiger partial charge in [-0.05, 0) is 38.4 Å². The molecule has 26 heavy (non-hydrogen) atoms. The summed E-state index contributed by atoms with van der Waals surface area (Å²) in [5.74, 6) is -0.0944. The molecule has 1 aromatic rings. The number of hydrogen-bond donors (Lipinski definition) is 1. The second-order valence-electron chi connectivity index (χ2n) is 7.60. The molecule has 3 amide bonds. The van der Waals surface area contributed by atoms with Crippen LogP contribution in [0.1, 0.15) is 53.6 Å². The van der Waals surface area contributed by atoms with Crippen LogP contribution in [-0.4, -0.2) is 47.4 Å². The third kappa shape index (κ3) is 2.06. The first-order valence-electron chi connectivity index (χ1n) is 9.28. The highest BCUT2D eigenvalue weighted by Gasteiger charge is 2.46. The van der Waals surface area contributed by atoms with Gasteiger partial charge in [0.05, 0.1) is 18.7 Å². The molecule has 4 aliphatic rings. The summed E-state index contributed by atoms with van der Waals surface area (Å²) in [4.78, 5) is 37.3. The van der Waals surface area contributed by atoms with Crippen LogP contribution in [0.3, 0.4) is 0 Å². The molecule has 2 fully saturated rings. The van der Waals surface area contributed by atoms with Gasteiger partial charge >= 0.3 is 0 Å². The number of rotatable bonds is 1. The third-order valence-electron chi connectivity index (χ3n) is 6.15. The Kier molecular flexibility index (Phi) is 3.37. The highest BCUT2D eigenvalue weighted by atomic mass is 16.5. The van der Waals surface area contributed by atoms with Crippen LogP contribution in [0.4, 0.5) is 0 Å². The van der Waals surface area contributed by atoms with Crippen molar-refractivity contribution in [3.05, 3.63) is 28.8 Å². The molecule has 0 aromatic heterocycles. The minimum Gasteiger partial charge on any atom is -0.492 e. The van der Waals surface area contributed by atoms with Crippen molar-refractivity contribution in [2.75, 3.05) is 19.7 Å². The van der Waals surface area contributed by atoms with E-state index in [2.05, 4.69) is 5.32 Å². The van der Waals surface area contributed by atoms with E-state index in [1.54, 1.807) is 0 Å². The lowest BCUT2D eigenvalue weighted by atomic mass is 9.74. The molecule has 1 aromatic carbocycles. The lowest BCUT2D eigenvalue weighted by molar-refractivity contribution is -0.163. The zero-order chi connectivity index (χ0) is 17.9. The van der Waals surface area contributed by atoms with Gasteiger partial charge in [0.25, 0.3) is 5.91 Å². The van der Waals surface area contributed by atoms with Crippen LogP contribution in [0.5, 0.6) is 5.75 Å². The normalized spacial score (nSPS) is 24.1. The maximum Gasteiger partial charge on any atom is 0.273 e. The van der Waals surface area contributed by atoms with Crippen molar-refractivity contribution >= 4 is 17.7 Å². The number of imide groups is 1. The maximum atomic E-state index is 12.9. The number of ether oxygens (including phenoxy) is 1. The summed E-state index contributed by atoms with van der Waals surface area (Å²) in [6, 6.07) is 3.85. The highest BCUT2D eigenvalue weighted by molar-refractivity contribution is 6.05. The fourth-order valence-corrected chi connectivity index (χ4v) is 4.71. The zero-order valence-electron chi connectivity index (χ0n) is 14.5. The van der Waals surface area contributed by atoms with Crippen molar-refractivity contribution in [1.29, 1.82) is 0 Å². The van der Waals surface area contributed by atoms with Crippen LogP contribution in [-0.2, 0) is 21.5 Å². The van der Waals surface area contributed by atoms with Crippen molar-refractivity contribution in [1.82, 2.24) is 15.3 Å². The van der Waals surface area contributed by atoms with Gasteiger partial charge in [-0.2, -0.15) is 5.01 Å². The van der Waals surface area contributed by atoms with Crippen LogP contribution >= 0.6 is 0 Å². The molecule has 7 nitrogen and oxygen atoms in total. The van der Waals surface area contributed by atoms with Gasteiger partial charge in [0.15, 0.2) is 0 Å². The Hall–Kier alpha value is -2.41. The predicted octanol–water partition coefficient (Wildman–Crippen LogP) is 1.11. The minimum absolute atomic E-state index is 0.0167. The number of carbonyl (C=O) groups excluding carboxylic acids is 3. The smallest absolute Gasteiger partial charge is 0.273 e. The first-order valence-corrected chi connectivity index (χ1v) is 9.28. The van der Waals surface area contributed by atoms with E-state index >= 15 is 0 Å². The van der Waals surface area contributed by atoms with Crippen LogP contribution in [0.25, 0.3) is 0 Å². The number of benzene rings is 1. The second kappa shape index (κ2) is 5.54. The lowest BCUT2D eigenvalue weighted by Crippen LogP contribution is -2.52. The molecule has 5 rings (SSSR count). The molecular weight excluding hydrogens is 334 g/mol. The zero-order valence-corrected chi connectivity index (χ0v) is 14.5. The molecule has 0 bridgehead atoms. The topological polar surface area (TPSA) is 79.0 Å². The summed E-state index contributed by atoms with van der Waals surface area (Å²) < 4.78 is 6.08. The van der Waals surface area contributed by atoms with Gasteiger partial charge in [0.2, 0.25) is 11.8 Å². The largest absolute Gasteiger partial charge is 0.492 e. The van der Waals surface area contributed by atoms with E-state index in [1.807, 2.05) is 12.1 Å². The Labute approximate surface area is 151 Å². The SMILES string of the molecule is O=C1c2ccc3c(c2CN1N1C(=O)CCCC1=O)OCC31CCNCC1. The molecule has 0 aliphatic carbocycles. The molecule has 136 valence electrons. The van der Waals surface area contributed by atoms with Crippen molar-refractivity contribution in [2.45, 2.75) is 44.1 Å². The molecule has 2 saturated heterocycles. The van der Waals surface area contributed by atoms with Crippen LogP contribution < -0.4 is 10.1 Å². The van der Waals surface area contributed by atoms with Gasteiger partial charge in [-0.1, -0.05) is 6.07 Å². The predicted molar refractivity (Wildman–Crippen MR) is 91.3 cm³/mol. The van der Waals surface area contributed by atoms with E-state index in [4.69, 9.17) is 4.74 Å². The van der Waals surface area contributed by atoms with E-state index in [0.717, 1.165) is 42.3 Å². The Morgan fingerprint density at radius 2 is 1.77 bits per heavy atom. The molecule has 1 N–H and O–H groups in total. The average molecular weight is 355 g/mol. The van der Waals surface area contributed by atoms with Gasteiger partial charge in [0, 0.05) is 29.4 Å². The summed E-state index contributed by atoms with van der Waals surface area (Å²) >= 11 is 0. The molecule has 1 spiro atoms. The van der Waals surface area contributed by atoms with Crippen LogP contribution in [0.2, 0.25) is 0 Å². The number of piperidine rings is 2. The quantitative estimate of drug-likeness (QED) is 0.764. The third-order valence-corrected chi connectivity index (χ3v) is 6.15. The lowest BCUT2D eigenvalue weighted by Gasteiger charge is -2.32. The number of carbonyl (C=O) groups is 3. The van der Waals surface area contributed by atoms with E-state index in [1.165, 1.54) is 10.6 Å². The Bertz CT molecular complexity index is 812. The van der Waals surface area contributed by atoms with E-state index < -0.39 is 0 Å². The monoisotopic (exact) mass is 355 g/mol. The van der Waals surface area contributed by atoms with Crippen LogP contribution in [0, 0.1) is 0 Å². The number of nitrogens with zero attached hydrogens (tertiary/aromatic N) is 2. The summed E-state index contributed by atoms with van der Waals surface area (Å²) in [5, 5.41) is 5.73. The molecule has 0 unspecified atom stereocenters. The highest BCUT2D eigenvalue weighted by Crippen LogP contribution is 2.48. The molecule has 0 atom stereocenters. The molecular formula is C19H21N3O4. The van der Waals surface area contributed by atoms with E-state index in [0.29, 0.717) is 31.4 Å². The molecule has 4 aliphatic heterocycles. The first kappa shape index (κ1) is 15.8. The standard InChI is InChI=1S/C19H21N3O4/c23-15-2-1-3-16(24)22(15)21-10-13-12(18(21)25)4-5-14-17(13)26-11-19(14)6-8-20-9-7-19/h4-5,20H,1-3,6-11H2. The second-order valence-corrected chi connectivity index (χ2v) is 7.60. The number of fused-ring (bicyclic) bond motifs is 4. The summed E-state index contributed by atoms with van der Waals surface area (Å²) in [7, 11) is 0. The number of hydrogen-bond acceptors (Lipinski definition) is 5.